The number of nitrogens with one attached hydrogen (secondary N) is 1. The Balaban J connectivity index is 1.11. The van der Waals surface area contributed by atoms with Crippen molar-refractivity contribution in [3.63, 3.8) is 0 Å². The zero-order valence-electron chi connectivity index (χ0n) is 23.4. The van der Waals surface area contributed by atoms with Crippen LogP contribution in [-0.4, -0.2) is 58.1 Å². The van der Waals surface area contributed by atoms with E-state index in [1.54, 1.807) is 6.07 Å². The summed E-state index contributed by atoms with van der Waals surface area (Å²) in [7, 11) is 0. The third-order valence-electron chi connectivity index (χ3n) is 10.3. The maximum atomic E-state index is 13.3. The SMILES string of the molecule is O=C1CCC2(O)C3Cc4ccc(C(=O)NCCc5ccc(-c6ccccc6)cc5)c(O)c4C2(CCN3CC2CC2)C1. The van der Waals surface area contributed by atoms with E-state index in [2.05, 4.69) is 46.6 Å². The number of phenolic OH excluding ortho intramolecular Hbond substituents is 1. The number of Topliss-reactive ketones (excluding diaryl/α,β-unsaturated/α-hetero) is 1. The molecule has 1 aliphatic heterocycles. The van der Waals surface area contributed by atoms with Gasteiger partial charge in [0.1, 0.15) is 11.5 Å². The first-order valence-electron chi connectivity index (χ1n) is 15.1. The van der Waals surface area contributed by atoms with E-state index in [1.807, 2.05) is 24.3 Å². The average molecular weight is 551 g/mol. The predicted octanol–water partition coefficient (Wildman–Crippen LogP) is 4.79. The number of ketones is 1. The number of aromatic hydroxyl groups is 1. The van der Waals surface area contributed by atoms with E-state index in [0.29, 0.717) is 50.1 Å². The normalized spacial score (nSPS) is 27.1. The number of piperidine rings is 1. The lowest BCUT2D eigenvalue weighted by Gasteiger charge is -2.63. The van der Waals surface area contributed by atoms with E-state index >= 15 is 0 Å². The fourth-order valence-electron chi connectivity index (χ4n) is 7.95. The minimum Gasteiger partial charge on any atom is -0.507 e. The van der Waals surface area contributed by atoms with Gasteiger partial charge in [0.2, 0.25) is 0 Å². The van der Waals surface area contributed by atoms with Gasteiger partial charge < -0.3 is 15.5 Å². The molecule has 3 aromatic rings. The number of likely N-dealkylation sites (tertiary alicyclic amines) is 1. The number of nitrogens with zero attached hydrogens (tertiary/aromatic N) is 1. The van der Waals surface area contributed by atoms with Crippen molar-refractivity contribution in [3.05, 3.63) is 89.0 Å². The van der Waals surface area contributed by atoms with Crippen molar-refractivity contribution in [2.45, 2.75) is 68.4 Å². The molecule has 3 aromatic carbocycles. The Morgan fingerprint density at radius 1 is 0.976 bits per heavy atom. The van der Waals surface area contributed by atoms with Gasteiger partial charge in [0.05, 0.1) is 11.2 Å². The minimum absolute atomic E-state index is 0.0607. The van der Waals surface area contributed by atoms with E-state index in [9.17, 15) is 19.8 Å². The molecule has 212 valence electrons. The summed E-state index contributed by atoms with van der Waals surface area (Å²) in [5, 5.41) is 27.0. The zero-order valence-corrected chi connectivity index (χ0v) is 23.4. The first-order chi connectivity index (χ1) is 19.9. The van der Waals surface area contributed by atoms with Crippen molar-refractivity contribution in [2.75, 3.05) is 19.6 Å². The highest BCUT2D eigenvalue weighted by atomic mass is 16.3. The molecular formula is C35H38N2O4. The number of benzene rings is 3. The Morgan fingerprint density at radius 3 is 2.49 bits per heavy atom. The van der Waals surface area contributed by atoms with Crippen LogP contribution in [-0.2, 0) is 23.1 Å². The molecule has 2 bridgehead atoms. The molecule has 3 atom stereocenters. The van der Waals surface area contributed by atoms with Gasteiger partial charge in [-0.2, -0.15) is 0 Å². The number of phenols is 1. The zero-order chi connectivity index (χ0) is 28.2. The van der Waals surface area contributed by atoms with Gasteiger partial charge in [-0.1, -0.05) is 60.7 Å². The molecule has 2 saturated carbocycles. The number of carbonyl (C=O) groups excluding carboxylic acids is 2. The molecule has 1 saturated heterocycles. The molecule has 1 amide bonds. The van der Waals surface area contributed by atoms with Crippen molar-refractivity contribution in [3.8, 4) is 16.9 Å². The Bertz CT molecular complexity index is 1480. The molecule has 0 spiro atoms. The summed E-state index contributed by atoms with van der Waals surface area (Å²) >= 11 is 0. The number of fused-ring (bicyclic) bond motifs is 1. The van der Waals surface area contributed by atoms with Gasteiger partial charge in [0.15, 0.2) is 0 Å². The van der Waals surface area contributed by atoms with Gasteiger partial charge in [0, 0.05) is 43.0 Å². The summed E-state index contributed by atoms with van der Waals surface area (Å²) in [5.41, 5.74) is 3.33. The highest BCUT2D eigenvalue weighted by molar-refractivity contribution is 5.98. The highest BCUT2D eigenvalue weighted by Crippen LogP contribution is 2.60. The number of hydrogen-bond acceptors (Lipinski definition) is 5. The fourth-order valence-corrected chi connectivity index (χ4v) is 7.95. The standard InChI is InChI=1S/C35H38N2O4/c38-28-14-16-35(41)30-20-27-12-13-29(32(39)31(27)34(35,21-28)17-19-37(30)22-24-6-7-24)33(40)36-18-15-23-8-10-26(11-9-23)25-4-2-1-3-5-25/h1-5,8-13,24,30,39,41H,6-7,14-22H2,(H,36,40). The van der Waals surface area contributed by atoms with Gasteiger partial charge in [-0.05, 0) is 79.3 Å². The Kier molecular flexibility index (Phi) is 6.51. The van der Waals surface area contributed by atoms with Crippen LogP contribution in [0.5, 0.6) is 5.75 Å². The quantitative estimate of drug-likeness (QED) is 0.394. The molecule has 7 rings (SSSR count). The van der Waals surface area contributed by atoms with E-state index < -0.39 is 11.0 Å². The van der Waals surface area contributed by atoms with Crippen LogP contribution in [0.1, 0.15) is 65.6 Å². The minimum atomic E-state index is -1.08. The van der Waals surface area contributed by atoms with E-state index in [4.69, 9.17) is 0 Å². The molecule has 41 heavy (non-hydrogen) atoms. The van der Waals surface area contributed by atoms with Crippen LogP contribution in [0.25, 0.3) is 11.1 Å². The summed E-state index contributed by atoms with van der Waals surface area (Å²) in [5.74, 6) is 0.444. The summed E-state index contributed by atoms with van der Waals surface area (Å²) in [4.78, 5) is 28.6. The maximum Gasteiger partial charge on any atom is 0.255 e. The van der Waals surface area contributed by atoms with Gasteiger partial charge in [0.25, 0.3) is 5.91 Å². The Hall–Kier alpha value is -3.48. The third kappa shape index (κ3) is 4.48. The monoisotopic (exact) mass is 550 g/mol. The molecule has 0 radical (unpaired) electrons. The number of carbonyl (C=O) groups is 2. The lowest BCUT2D eigenvalue weighted by molar-refractivity contribution is -0.173. The Labute approximate surface area is 241 Å². The van der Waals surface area contributed by atoms with Gasteiger partial charge in [-0.15, -0.1) is 0 Å². The molecule has 4 aliphatic rings. The summed E-state index contributed by atoms with van der Waals surface area (Å²) in [6, 6.07) is 22.2. The van der Waals surface area contributed by atoms with E-state index in [1.165, 1.54) is 18.4 Å². The molecule has 3 aliphatic carbocycles. The lowest BCUT2D eigenvalue weighted by Crippen LogP contribution is -2.73. The molecule has 3 N–H and O–H groups in total. The molecule has 0 aromatic heterocycles. The van der Waals surface area contributed by atoms with Crippen molar-refractivity contribution >= 4 is 11.7 Å². The average Bonchev–Trinajstić information content (AvgIpc) is 3.80. The van der Waals surface area contributed by atoms with Crippen molar-refractivity contribution in [1.29, 1.82) is 0 Å². The third-order valence-corrected chi connectivity index (χ3v) is 10.3. The van der Waals surface area contributed by atoms with Gasteiger partial charge >= 0.3 is 0 Å². The van der Waals surface area contributed by atoms with Crippen LogP contribution in [0.3, 0.4) is 0 Å². The molecule has 1 heterocycles. The van der Waals surface area contributed by atoms with Crippen LogP contribution in [0.4, 0.5) is 0 Å². The topological polar surface area (TPSA) is 89.9 Å². The molecule has 6 heteroatoms. The highest BCUT2D eigenvalue weighted by Gasteiger charge is 2.65. The van der Waals surface area contributed by atoms with Crippen LogP contribution in [0, 0.1) is 5.92 Å². The number of hydrogen-bond donors (Lipinski definition) is 3. The van der Waals surface area contributed by atoms with Crippen molar-refractivity contribution < 1.29 is 19.8 Å². The molecule has 6 nitrogen and oxygen atoms in total. The molecule has 3 fully saturated rings. The number of amides is 1. The molecular weight excluding hydrogens is 512 g/mol. The second-order valence-corrected chi connectivity index (χ2v) is 12.7. The maximum absolute atomic E-state index is 13.3. The van der Waals surface area contributed by atoms with Crippen LogP contribution in [0.15, 0.2) is 66.7 Å². The Morgan fingerprint density at radius 2 is 1.73 bits per heavy atom. The molecule has 3 unspecified atom stereocenters. The van der Waals surface area contributed by atoms with E-state index in [-0.39, 0.29) is 35.5 Å². The first kappa shape index (κ1) is 26.4. The predicted molar refractivity (Wildman–Crippen MR) is 158 cm³/mol. The van der Waals surface area contributed by atoms with Crippen molar-refractivity contribution in [1.82, 2.24) is 10.2 Å². The largest absolute Gasteiger partial charge is 0.507 e. The summed E-state index contributed by atoms with van der Waals surface area (Å²) in [6.45, 7) is 2.23. The van der Waals surface area contributed by atoms with Crippen LogP contribution >= 0.6 is 0 Å². The number of rotatable bonds is 7. The van der Waals surface area contributed by atoms with Gasteiger partial charge in [-0.3, -0.25) is 14.5 Å². The van der Waals surface area contributed by atoms with Crippen LogP contribution < -0.4 is 5.32 Å². The number of aliphatic hydroxyl groups is 1. The summed E-state index contributed by atoms with van der Waals surface area (Å²) < 4.78 is 0. The van der Waals surface area contributed by atoms with Crippen molar-refractivity contribution in [2.24, 2.45) is 5.92 Å². The van der Waals surface area contributed by atoms with Crippen LogP contribution in [0.2, 0.25) is 0 Å². The van der Waals surface area contributed by atoms with E-state index in [0.717, 1.165) is 29.8 Å². The smallest absolute Gasteiger partial charge is 0.255 e. The van der Waals surface area contributed by atoms with Gasteiger partial charge in [-0.25, -0.2) is 0 Å². The second-order valence-electron chi connectivity index (χ2n) is 12.7. The summed E-state index contributed by atoms with van der Waals surface area (Å²) in [6.07, 6.45) is 5.42. The first-order valence-corrected chi connectivity index (χ1v) is 15.1. The second kappa shape index (κ2) is 10.1. The lowest BCUT2D eigenvalue weighted by atomic mass is 9.49. The fraction of sp³-hybridized carbons (Fsp3) is 0.429.